The predicted octanol–water partition coefficient (Wildman–Crippen LogP) is 6.65. The number of hydrogen-bond acceptors (Lipinski definition) is 5. The highest BCUT2D eigenvalue weighted by atomic mass is 127. The molecular formula is C27H22BrIN2O4. The van der Waals surface area contributed by atoms with Crippen LogP contribution < -0.4 is 14.9 Å². The predicted molar refractivity (Wildman–Crippen MR) is 149 cm³/mol. The van der Waals surface area contributed by atoms with E-state index in [1.165, 1.54) is 6.21 Å². The van der Waals surface area contributed by atoms with E-state index in [1.54, 1.807) is 12.1 Å². The number of benzene rings is 4. The summed E-state index contributed by atoms with van der Waals surface area (Å²) in [7, 11) is 0. The van der Waals surface area contributed by atoms with Crippen LogP contribution >= 0.6 is 38.5 Å². The van der Waals surface area contributed by atoms with E-state index in [-0.39, 0.29) is 11.3 Å². The second kappa shape index (κ2) is 11.5. The Morgan fingerprint density at radius 1 is 1.06 bits per heavy atom. The summed E-state index contributed by atoms with van der Waals surface area (Å²) in [5, 5.41) is 16.0. The first-order chi connectivity index (χ1) is 16.9. The van der Waals surface area contributed by atoms with Gasteiger partial charge in [0.1, 0.15) is 12.4 Å². The molecule has 0 heterocycles. The molecule has 35 heavy (non-hydrogen) atoms. The van der Waals surface area contributed by atoms with Crippen molar-refractivity contribution in [3.8, 4) is 17.2 Å². The minimum Gasteiger partial charge on any atom is -0.507 e. The zero-order chi connectivity index (χ0) is 24.8. The summed E-state index contributed by atoms with van der Waals surface area (Å²) in [6.45, 7) is 2.79. The maximum Gasteiger partial charge on any atom is 0.275 e. The lowest BCUT2D eigenvalue weighted by molar-refractivity contribution is 0.0952. The molecule has 4 aromatic carbocycles. The molecule has 0 saturated carbocycles. The standard InChI is InChI=1S/C27H22BrIN2O4/c1-2-34-25-12-18(11-23(29)26(25)35-16-17-7-9-21(28)10-8-17)15-30-31-27(33)22-13-19-5-3-4-6-20(19)14-24(22)32/h3-15,32H,2,16H2,1H3,(H,31,33). The van der Waals surface area contributed by atoms with E-state index in [4.69, 9.17) is 9.47 Å². The van der Waals surface area contributed by atoms with Crippen LogP contribution in [0.4, 0.5) is 0 Å². The van der Waals surface area contributed by atoms with E-state index >= 15 is 0 Å². The molecule has 0 saturated heterocycles. The molecule has 178 valence electrons. The number of nitrogens with one attached hydrogen (secondary N) is 1. The molecule has 4 aromatic rings. The Hall–Kier alpha value is -3.11. The van der Waals surface area contributed by atoms with Crippen LogP contribution in [0.15, 0.2) is 82.4 Å². The number of ether oxygens (including phenoxy) is 2. The number of phenolic OH excluding ortho intramolecular Hbond substituents is 1. The summed E-state index contributed by atoms with van der Waals surface area (Å²) in [4.78, 5) is 12.6. The molecule has 0 radical (unpaired) electrons. The molecule has 0 spiro atoms. The Bertz CT molecular complexity index is 1390. The number of carbonyl (C=O) groups is 1. The monoisotopic (exact) mass is 644 g/mol. The number of carbonyl (C=O) groups excluding carboxylic acids is 1. The lowest BCUT2D eigenvalue weighted by Crippen LogP contribution is -2.17. The number of phenols is 1. The van der Waals surface area contributed by atoms with Crippen molar-refractivity contribution >= 4 is 61.4 Å². The van der Waals surface area contributed by atoms with Gasteiger partial charge in [-0.05, 0) is 87.8 Å². The number of nitrogens with zero attached hydrogens (tertiary/aromatic N) is 1. The fourth-order valence-electron chi connectivity index (χ4n) is 3.44. The third-order valence-electron chi connectivity index (χ3n) is 5.12. The first-order valence-corrected chi connectivity index (χ1v) is 12.7. The minimum atomic E-state index is -0.501. The number of halogens is 2. The van der Waals surface area contributed by atoms with Crippen molar-refractivity contribution in [2.24, 2.45) is 5.10 Å². The van der Waals surface area contributed by atoms with Crippen LogP contribution in [-0.2, 0) is 6.61 Å². The number of amides is 1. The van der Waals surface area contributed by atoms with E-state index in [2.05, 4.69) is 49.0 Å². The van der Waals surface area contributed by atoms with Crippen LogP contribution in [0, 0.1) is 3.57 Å². The summed E-state index contributed by atoms with van der Waals surface area (Å²) in [5.41, 5.74) is 4.41. The number of hydrogen-bond donors (Lipinski definition) is 2. The molecule has 8 heteroatoms. The van der Waals surface area contributed by atoms with Crippen LogP contribution in [-0.4, -0.2) is 23.8 Å². The fourth-order valence-corrected chi connectivity index (χ4v) is 4.48. The topological polar surface area (TPSA) is 80.2 Å². The quantitative estimate of drug-likeness (QED) is 0.128. The smallest absolute Gasteiger partial charge is 0.275 e. The van der Waals surface area contributed by atoms with E-state index in [0.717, 1.165) is 29.9 Å². The van der Waals surface area contributed by atoms with Gasteiger partial charge in [-0.15, -0.1) is 0 Å². The van der Waals surface area contributed by atoms with Crippen LogP contribution in [0.5, 0.6) is 17.2 Å². The van der Waals surface area contributed by atoms with Gasteiger partial charge in [0.15, 0.2) is 11.5 Å². The molecule has 2 N–H and O–H groups in total. The molecule has 0 aromatic heterocycles. The number of fused-ring (bicyclic) bond motifs is 1. The Morgan fingerprint density at radius 2 is 1.77 bits per heavy atom. The van der Waals surface area contributed by atoms with Crippen LogP contribution in [0.1, 0.15) is 28.4 Å². The van der Waals surface area contributed by atoms with Gasteiger partial charge >= 0.3 is 0 Å². The van der Waals surface area contributed by atoms with E-state index in [1.807, 2.05) is 67.6 Å². The van der Waals surface area contributed by atoms with E-state index in [0.29, 0.717) is 24.7 Å². The number of rotatable bonds is 8. The highest BCUT2D eigenvalue weighted by molar-refractivity contribution is 14.1. The molecule has 1 amide bonds. The average Bonchev–Trinajstić information content (AvgIpc) is 2.84. The highest BCUT2D eigenvalue weighted by Gasteiger charge is 2.14. The maximum absolute atomic E-state index is 12.6. The lowest BCUT2D eigenvalue weighted by atomic mass is 10.1. The van der Waals surface area contributed by atoms with Gasteiger partial charge < -0.3 is 14.6 Å². The van der Waals surface area contributed by atoms with Gasteiger partial charge in [-0.2, -0.15) is 5.10 Å². The molecule has 0 aliphatic rings. The van der Waals surface area contributed by atoms with Crippen molar-refractivity contribution in [3.63, 3.8) is 0 Å². The summed E-state index contributed by atoms with van der Waals surface area (Å²) in [5.74, 6) is 0.643. The van der Waals surface area contributed by atoms with Gasteiger partial charge in [0.05, 0.1) is 22.0 Å². The SMILES string of the molecule is CCOc1cc(C=NNC(=O)c2cc3ccccc3cc2O)cc(I)c1OCc1ccc(Br)cc1. The van der Waals surface area contributed by atoms with Crippen LogP contribution in [0.2, 0.25) is 0 Å². The van der Waals surface area contributed by atoms with Crippen molar-refractivity contribution in [2.45, 2.75) is 13.5 Å². The lowest BCUT2D eigenvalue weighted by Gasteiger charge is -2.15. The molecule has 0 atom stereocenters. The molecule has 0 unspecified atom stereocenters. The third kappa shape index (κ3) is 6.32. The van der Waals surface area contributed by atoms with Crippen LogP contribution in [0.3, 0.4) is 0 Å². The van der Waals surface area contributed by atoms with Crippen molar-refractivity contribution in [3.05, 3.63) is 97.5 Å². The Labute approximate surface area is 225 Å². The summed E-state index contributed by atoms with van der Waals surface area (Å²) >= 11 is 5.63. The van der Waals surface area contributed by atoms with E-state index < -0.39 is 5.91 Å². The van der Waals surface area contributed by atoms with Gasteiger partial charge in [0, 0.05) is 4.47 Å². The van der Waals surface area contributed by atoms with E-state index in [9.17, 15) is 9.90 Å². The van der Waals surface area contributed by atoms with Gasteiger partial charge in [0.25, 0.3) is 5.91 Å². The molecule has 0 fully saturated rings. The molecule has 6 nitrogen and oxygen atoms in total. The normalized spacial score (nSPS) is 11.1. The third-order valence-corrected chi connectivity index (χ3v) is 6.45. The molecule has 0 aliphatic heterocycles. The first-order valence-electron chi connectivity index (χ1n) is 10.8. The number of aromatic hydroxyl groups is 1. The Balaban J connectivity index is 1.48. The minimum absolute atomic E-state index is 0.100. The van der Waals surface area contributed by atoms with Gasteiger partial charge in [-0.1, -0.05) is 52.3 Å². The molecule has 4 rings (SSSR count). The zero-order valence-electron chi connectivity index (χ0n) is 18.8. The summed E-state index contributed by atoms with van der Waals surface area (Å²) < 4.78 is 13.7. The zero-order valence-corrected chi connectivity index (χ0v) is 22.5. The fraction of sp³-hybridized carbons (Fsp3) is 0.111. The van der Waals surface area contributed by atoms with Crippen molar-refractivity contribution < 1.29 is 19.4 Å². The highest BCUT2D eigenvalue weighted by Crippen LogP contribution is 2.34. The molecule has 0 bridgehead atoms. The molecule has 0 aliphatic carbocycles. The Kier molecular flexibility index (Phi) is 8.25. The van der Waals surface area contributed by atoms with Crippen molar-refractivity contribution in [2.75, 3.05) is 6.61 Å². The summed E-state index contributed by atoms with van der Waals surface area (Å²) in [6.07, 6.45) is 1.53. The second-order valence-electron chi connectivity index (χ2n) is 7.59. The largest absolute Gasteiger partial charge is 0.507 e. The van der Waals surface area contributed by atoms with Crippen molar-refractivity contribution in [1.82, 2.24) is 5.43 Å². The van der Waals surface area contributed by atoms with Gasteiger partial charge in [0.2, 0.25) is 0 Å². The molecular weight excluding hydrogens is 623 g/mol. The first kappa shape index (κ1) is 25.0. The van der Waals surface area contributed by atoms with Gasteiger partial charge in [-0.25, -0.2) is 5.43 Å². The Morgan fingerprint density at radius 3 is 2.49 bits per heavy atom. The summed E-state index contributed by atoms with van der Waals surface area (Å²) in [6, 6.07) is 22.4. The van der Waals surface area contributed by atoms with Crippen LogP contribution in [0.25, 0.3) is 10.8 Å². The number of hydrazone groups is 1. The van der Waals surface area contributed by atoms with Gasteiger partial charge in [-0.3, -0.25) is 4.79 Å². The maximum atomic E-state index is 12.6. The average molecular weight is 645 g/mol. The second-order valence-corrected chi connectivity index (χ2v) is 9.67. The van der Waals surface area contributed by atoms with Crippen molar-refractivity contribution in [1.29, 1.82) is 0 Å².